The van der Waals surface area contributed by atoms with Crippen molar-refractivity contribution < 1.29 is 4.52 Å². The molecule has 0 radical (unpaired) electrons. The Kier molecular flexibility index (Phi) is 2.25. The van der Waals surface area contributed by atoms with Crippen LogP contribution < -0.4 is 5.32 Å². The van der Waals surface area contributed by atoms with Gasteiger partial charge in [0.2, 0.25) is 0 Å². The minimum Gasteiger partial charge on any atom is -0.359 e. The van der Waals surface area contributed by atoms with Gasteiger partial charge in [0.15, 0.2) is 5.76 Å². The molecule has 0 bridgehead atoms. The minimum absolute atomic E-state index is 0.454. The fraction of sp³-hybridized carbons (Fsp3) is 0.727. The van der Waals surface area contributed by atoms with E-state index in [1.165, 1.54) is 31.4 Å². The van der Waals surface area contributed by atoms with Gasteiger partial charge in [0.1, 0.15) is 5.69 Å². The number of nitrogens with one attached hydrogen (secondary N) is 1. The molecule has 1 saturated heterocycles. The van der Waals surface area contributed by atoms with Gasteiger partial charge in [-0.1, -0.05) is 11.6 Å². The van der Waals surface area contributed by atoms with E-state index in [-0.39, 0.29) is 0 Å². The van der Waals surface area contributed by atoms with E-state index in [4.69, 9.17) is 4.52 Å². The molecule has 0 amide bonds. The van der Waals surface area contributed by atoms with Crippen LogP contribution in [-0.4, -0.2) is 23.6 Å². The number of likely N-dealkylation sites (tertiary alicyclic amines) is 1. The van der Waals surface area contributed by atoms with Gasteiger partial charge in [-0.2, -0.15) is 0 Å². The van der Waals surface area contributed by atoms with Gasteiger partial charge in [0, 0.05) is 18.7 Å². The van der Waals surface area contributed by atoms with Crippen LogP contribution in [0, 0.1) is 0 Å². The maximum absolute atomic E-state index is 5.52. The average molecular weight is 207 g/mol. The van der Waals surface area contributed by atoms with Crippen molar-refractivity contribution >= 4 is 0 Å². The Morgan fingerprint density at radius 3 is 3.20 bits per heavy atom. The Morgan fingerprint density at radius 1 is 1.40 bits per heavy atom. The SMILES string of the molecule is CN1CCCCC1c1onc2c1CNC2. The van der Waals surface area contributed by atoms with E-state index in [2.05, 4.69) is 22.4 Å². The van der Waals surface area contributed by atoms with Crippen LogP contribution in [0.25, 0.3) is 0 Å². The number of nitrogens with zero attached hydrogens (tertiary/aromatic N) is 2. The van der Waals surface area contributed by atoms with E-state index in [0.29, 0.717) is 6.04 Å². The molecule has 4 nitrogen and oxygen atoms in total. The van der Waals surface area contributed by atoms with Gasteiger partial charge in [-0.3, -0.25) is 4.90 Å². The maximum Gasteiger partial charge on any atom is 0.158 e. The smallest absolute Gasteiger partial charge is 0.158 e. The van der Waals surface area contributed by atoms with Crippen molar-refractivity contribution in [1.29, 1.82) is 0 Å². The lowest BCUT2D eigenvalue weighted by atomic mass is 9.98. The van der Waals surface area contributed by atoms with Gasteiger partial charge >= 0.3 is 0 Å². The summed E-state index contributed by atoms with van der Waals surface area (Å²) in [7, 11) is 2.18. The molecule has 82 valence electrons. The Bertz CT molecular complexity index is 361. The minimum atomic E-state index is 0.454. The molecular formula is C11H17N3O. The third kappa shape index (κ3) is 1.48. The van der Waals surface area contributed by atoms with E-state index in [1.54, 1.807) is 0 Å². The molecule has 1 atom stereocenters. The van der Waals surface area contributed by atoms with Gasteiger partial charge < -0.3 is 9.84 Å². The van der Waals surface area contributed by atoms with Gasteiger partial charge in [-0.05, 0) is 26.4 Å². The van der Waals surface area contributed by atoms with Crippen molar-refractivity contribution in [2.24, 2.45) is 0 Å². The third-order valence-electron chi connectivity index (χ3n) is 3.57. The Balaban J connectivity index is 1.91. The lowest BCUT2D eigenvalue weighted by molar-refractivity contribution is 0.153. The number of hydrogen-bond donors (Lipinski definition) is 1. The summed E-state index contributed by atoms with van der Waals surface area (Å²) in [6.07, 6.45) is 3.82. The van der Waals surface area contributed by atoms with E-state index in [0.717, 1.165) is 24.5 Å². The molecule has 1 unspecified atom stereocenters. The van der Waals surface area contributed by atoms with Crippen LogP contribution in [0.3, 0.4) is 0 Å². The highest BCUT2D eigenvalue weighted by Crippen LogP contribution is 2.34. The molecule has 1 fully saturated rings. The van der Waals surface area contributed by atoms with Crippen LogP contribution in [0.4, 0.5) is 0 Å². The standard InChI is InChI=1S/C11H17N3O/c1-14-5-3-2-4-10(14)11-8-6-12-7-9(8)13-15-11/h10,12H,2-7H2,1H3. The number of hydrogen-bond acceptors (Lipinski definition) is 4. The summed E-state index contributed by atoms with van der Waals surface area (Å²) in [4.78, 5) is 2.39. The molecule has 0 aliphatic carbocycles. The van der Waals surface area contributed by atoms with Gasteiger partial charge in [-0.25, -0.2) is 0 Å². The van der Waals surface area contributed by atoms with Crippen molar-refractivity contribution in [3.63, 3.8) is 0 Å². The summed E-state index contributed by atoms with van der Waals surface area (Å²) in [5.74, 6) is 1.11. The molecule has 2 aliphatic heterocycles. The molecule has 0 spiro atoms. The fourth-order valence-corrected chi connectivity index (χ4v) is 2.66. The number of fused-ring (bicyclic) bond motifs is 1. The second-order valence-electron chi connectivity index (χ2n) is 4.57. The Hall–Kier alpha value is -0.870. The molecule has 3 rings (SSSR count). The zero-order valence-electron chi connectivity index (χ0n) is 9.12. The van der Waals surface area contributed by atoms with Crippen LogP contribution in [-0.2, 0) is 13.1 Å². The fourth-order valence-electron chi connectivity index (χ4n) is 2.66. The molecule has 0 aromatic carbocycles. The second-order valence-corrected chi connectivity index (χ2v) is 4.57. The number of piperidine rings is 1. The molecule has 1 aromatic heterocycles. The first-order chi connectivity index (χ1) is 7.36. The molecule has 3 heterocycles. The highest BCUT2D eigenvalue weighted by atomic mass is 16.5. The summed E-state index contributed by atoms with van der Waals surface area (Å²) < 4.78 is 5.52. The first-order valence-corrected chi connectivity index (χ1v) is 5.74. The predicted octanol–water partition coefficient (Wildman–Crippen LogP) is 1.43. The van der Waals surface area contributed by atoms with Crippen LogP contribution in [0.1, 0.15) is 42.3 Å². The summed E-state index contributed by atoms with van der Waals surface area (Å²) >= 11 is 0. The van der Waals surface area contributed by atoms with Gasteiger partial charge in [-0.15, -0.1) is 0 Å². The normalized spacial score (nSPS) is 26.9. The van der Waals surface area contributed by atoms with Crippen molar-refractivity contribution in [3.05, 3.63) is 17.0 Å². The van der Waals surface area contributed by atoms with Crippen LogP contribution in [0.2, 0.25) is 0 Å². The van der Waals surface area contributed by atoms with Crippen molar-refractivity contribution in [2.45, 2.75) is 38.4 Å². The van der Waals surface area contributed by atoms with E-state index in [1.807, 2.05) is 0 Å². The van der Waals surface area contributed by atoms with E-state index >= 15 is 0 Å². The first-order valence-electron chi connectivity index (χ1n) is 5.74. The zero-order valence-corrected chi connectivity index (χ0v) is 9.12. The number of aromatic nitrogens is 1. The maximum atomic E-state index is 5.52. The first kappa shape index (κ1) is 9.36. The van der Waals surface area contributed by atoms with E-state index in [9.17, 15) is 0 Å². The summed E-state index contributed by atoms with van der Waals surface area (Å²) in [5, 5.41) is 7.46. The monoisotopic (exact) mass is 207 g/mol. The third-order valence-corrected chi connectivity index (χ3v) is 3.57. The Morgan fingerprint density at radius 2 is 2.33 bits per heavy atom. The van der Waals surface area contributed by atoms with Crippen molar-refractivity contribution in [1.82, 2.24) is 15.4 Å². The zero-order chi connectivity index (χ0) is 10.3. The lowest BCUT2D eigenvalue weighted by Crippen LogP contribution is -2.29. The Labute approximate surface area is 89.6 Å². The average Bonchev–Trinajstić information content (AvgIpc) is 2.80. The predicted molar refractivity (Wildman–Crippen MR) is 56.3 cm³/mol. The van der Waals surface area contributed by atoms with Crippen molar-refractivity contribution in [3.8, 4) is 0 Å². The highest BCUT2D eigenvalue weighted by molar-refractivity contribution is 5.28. The number of rotatable bonds is 1. The summed E-state index contributed by atoms with van der Waals surface area (Å²) in [6.45, 7) is 2.97. The largest absolute Gasteiger partial charge is 0.359 e. The molecule has 15 heavy (non-hydrogen) atoms. The summed E-state index contributed by atoms with van der Waals surface area (Å²) in [6, 6.07) is 0.454. The molecule has 2 aliphatic rings. The summed E-state index contributed by atoms with van der Waals surface area (Å²) in [5.41, 5.74) is 2.43. The van der Waals surface area contributed by atoms with Gasteiger partial charge in [0.05, 0.1) is 6.04 Å². The topological polar surface area (TPSA) is 41.3 Å². The van der Waals surface area contributed by atoms with Crippen molar-refractivity contribution in [2.75, 3.05) is 13.6 Å². The van der Waals surface area contributed by atoms with E-state index < -0.39 is 0 Å². The molecule has 1 N–H and O–H groups in total. The highest BCUT2D eigenvalue weighted by Gasteiger charge is 2.30. The quantitative estimate of drug-likeness (QED) is 0.756. The molecule has 1 aromatic rings. The van der Waals surface area contributed by atoms with Gasteiger partial charge in [0.25, 0.3) is 0 Å². The lowest BCUT2D eigenvalue weighted by Gasteiger charge is -2.30. The van der Waals surface area contributed by atoms with Crippen LogP contribution in [0.15, 0.2) is 4.52 Å². The molecular weight excluding hydrogens is 190 g/mol. The molecule has 4 heteroatoms. The molecule has 0 saturated carbocycles. The van der Waals surface area contributed by atoms with Crippen LogP contribution in [0.5, 0.6) is 0 Å². The second kappa shape index (κ2) is 3.61. The van der Waals surface area contributed by atoms with Crippen LogP contribution >= 0.6 is 0 Å².